The van der Waals surface area contributed by atoms with E-state index in [0.29, 0.717) is 6.04 Å². The lowest BCUT2D eigenvalue weighted by Gasteiger charge is -2.15. The highest BCUT2D eigenvalue weighted by Crippen LogP contribution is 2.37. The summed E-state index contributed by atoms with van der Waals surface area (Å²) in [6.45, 7) is 4.19. The summed E-state index contributed by atoms with van der Waals surface area (Å²) in [5.41, 5.74) is 4.33. The zero-order chi connectivity index (χ0) is 15.8. The molecule has 0 spiro atoms. The summed E-state index contributed by atoms with van der Waals surface area (Å²) in [5.74, 6) is 0.850. The third kappa shape index (κ3) is 2.69. The molecular formula is C16H19N7. The maximum Gasteiger partial charge on any atom is 0.182 e. The minimum absolute atomic E-state index is 0.146. The molecule has 7 heteroatoms. The van der Waals surface area contributed by atoms with E-state index >= 15 is 0 Å². The molecule has 1 aliphatic rings. The van der Waals surface area contributed by atoms with Gasteiger partial charge in [0.05, 0.1) is 24.1 Å². The Morgan fingerprint density at radius 1 is 1.35 bits per heavy atom. The number of aromatic amines is 1. The van der Waals surface area contributed by atoms with E-state index in [1.807, 2.05) is 10.9 Å². The number of aryl methyl sites for hydroxylation is 1. The SMILES string of the molecule is Cc1ccc(NC(C)c2cnc[nH]2)cc1-c1nnnn1C1CC1. The van der Waals surface area contributed by atoms with Gasteiger partial charge in [0.25, 0.3) is 0 Å². The van der Waals surface area contributed by atoms with Gasteiger partial charge in [-0.3, -0.25) is 0 Å². The summed E-state index contributed by atoms with van der Waals surface area (Å²) in [5, 5.41) is 15.7. The van der Waals surface area contributed by atoms with Gasteiger partial charge in [-0.2, -0.15) is 0 Å². The second-order valence-electron chi connectivity index (χ2n) is 6.08. The molecule has 1 atom stereocenters. The molecule has 7 nitrogen and oxygen atoms in total. The van der Waals surface area contributed by atoms with Crippen molar-refractivity contribution in [1.82, 2.24) is 30.2 Å². The topological polar surface area (TPSA) is 84.3 Å². The molecule has 1 unspecified atom stereocenters. The van der Waals surface area contributed by atoms with Gasteiger partial charge >= 0.3 is 0 Å². The van der Waals surface area contributed by atoms with E-state index in [2.05, 4.69) is 62.9 Å². The number of tetrazole rings is 1. The Bertz CT molecular complexity index is 802. The van der Waals surface area contributed by atoms with Gasteiger partial charge in [0.1, 0.15) is 0 Å². The number of nitrogens with zero attached hydrogens (tertiary/aromatic N) is 5. The molecule has 2 N–H and O–H groups in total. The fourth-order valence-electron chi connectivity index (χ4n) is 2.72. The molecule has 1 aromatic carbocycles. The van der Waals surface area contributed by atoms with Crippen molar-refractivity contribution in [3.05, 3.63) is 42.0 Å². The molecule has 0 radical (unpaired) electrons. The summed E-state index contributed by atoms with van der Waals surface area (Å²) in [6, 6.07) is 6.90. The van der Waals surface area contributed by atoms with E-state index in [1.165, 1.54) is 5.56 Å². The van der Waals surface area contributed by atoms with Gasteiger partial charge in [0.15, 0.2) is 5.82 Å². The Kier molecular flexibility index (Phi) is 3.33. The molecule has 3 aromatic rings. The largest absolute Gasteiger partial charge is 0.377 e. The summed E-state index contributed by atoms with van der Waals surface area (Å²) in [7, 11) is 0. The molecule has 1 saturated carbocycles. The van der Waals surface area contributed by atoms with E-state index in [9.17, 15) is 0 Å². The van der Waals surface area contributed by atoms with Crippen LogP contribution in [0.15, 0.2) is 30.7 Å². The smallest absolute Gasteiger partial charge is 0.182 e. The normalized spacial score (nSPS) is 15.6. The number of rotatable bonds is 5. The lowest BCUT2D eigenvalue weighted by Crippen LogP contribution is -2.07. The van der Waals surface area contributed by atoms with Gasteiger partial charge in [-0.1, -0.05) is 6.07 Å². The second-order valence-corrected chi connectivity index (χ2v) is 6.08. The number of aromatic nitrogens is 6. The molecule has 23 heavy (non-hydrogen) atoms. The fraction of sp³-hybridized carbons (Fsp3) is 0.375. The van der Waals surface area contributed by atoms with E-state index < -0.39 is 0 Å². The third-order valence-electron chi connectivity index (χ3n) is 4.23. The predicted molar refractivity (Wildman–Crippen MR) is 86.9 cm³/mol. The van der Waals surface area contributed by atoms with Crippen LogP contribution in [-0.2, 0) is 0 Å². The zero-order valence-corrected chi connectivity index (χ0v) is 13.2. The van der Waals surface area contributed by atoms with Crippen LogP contribution in [0.4, 0.5) is 5.69 Å². The van der Waals surface area contributed by atoms with Gasteiger partial charge in [0, 0.05) is 17.4 Å². The number of benzene rings is 1. The van der Waals surface area contributed by atoms with Gasteiger partial charge in [-0.15, -0.1) is 5.10 Å². The van der Waals surface area contributed by atoms with E-state index in [4.69, 9.17) is 0 Å². The average Bonchev–Trinajstić information content (AvgIpc) is 3.04. The first kappa shape index (κ1) is 13.9. The van der Waals surface area contributed by atoms with Crippen molar-refractivity contribution < 1.29 is 0 Å². The number of H-pyrrole nitrogens is 1. The van der Waals surface area contributed by atoms with Gasteiger partial charge in [-0.05, 0) is 54.8 Å². The quantitative estimate of drug-likeness (QED) is 0.757. The molecule has 0 saturated heterocycles. The number of hydrogen-bond donors (Lipinski definition) is 2. The van der Waals surface area contributed by atoms with Crippen molar-refractivity contribution in [3.63, 3.8) is 0 Å². The Morgan fingerprint density at radius 3 is 2.96 bits per heavy atom. The summed E-state index contributed by atoms with van der Waals surface area (Å²) < 4.78 is 1.95. The average molecular weight is 309 g/mol. The second kappa shape index (κ2) is 5.49. The molecular weight excluding hydrogens is 290 g/mol. The maximum atomic E-state index is 4.24. The van der Waals surface area contributed by atoms with Crippen molar-refractivity contribution in [3.8, 4) is 11.4 Å². The minimum atomic E-state index is 0.146. The molecule has 2 aromatic heterocycles. The van der Waals surface area contributed by atoms with Crippen LogP contribution in [0.3, 0.4) is 0 Å². The van der Waals surface area contributed by atoms with Crippen molar-refractivity contribution in [2.75, 3.05) is 5.32 Å². The highest BCUT2D eigenvalue weighted by molar-refractivity contribution is 5.66. The summed E-state index contributed by atoms with van der Waals surface area (Å²) >= 11 is 0. The van der Waals surface area contributed by atoms with E-state index in [1.54, 1.807) is 6.33 Å². The van der Waals surface area contributed by atoms with Crippen molar-refractivity contribution in [2.24, 2.45) is 0 Å². The lowest BCUT2D eigenvalue weighted by atomic mass is 10.1. The first-order valence-corrected chi connectivity index (χ1v) is 7.86. The Hall–Kier alpha value is -2.70. The van der Waals surface area contributed by atoms with Crippen LogP contribution in [0.1, 0.15) is 43.1 Å². The van der Waals surface area contributed by atoms with Gasteiger partial charge < -0.3 is 10.3 Å². The first-order valence-electron chi connectivity index (χ1n) is 7.86. The van der Waals surface area contributed by atoms with Crippen LogP contribution in [0.2, 0.25) is 0 Å². The van der Waals surface area contributed by atoms with Crippen molar-refractivity contribution >= 4 is 5.69 Å². The highest BCUT2D eigenvalue weighted by Gasteiger charge is 2.28. The Morgan fingerprint density at radius 2 is 2.22 bits per heavy atom. The highest BCUT2D eigenvalue weighted by atomic mass is 15.6. The van der Waals surface area contributed by atoms with E-state index in [0.717, 1.165) is 35.6 Å². The molecule has 118 valence electrons. The number of imidazole rings is 1. The molecule has 1 fully saturated rings. The standard InChI is InChI=1S/C16H19N7/c1-10-3-4-12(19-11(2)15-8-17-9-18-15)7-14(10)16-20-21-22-23(16)13-5-6-13/h3-4,7-9,11,13,19H,5-6H2,1-2H3,(H,17,18). The maximum absolute atomic E-state index is 4.24. The van der Waals surface area contributed by atoms with Crippen LogP contribution in [0.25, 0.3) is 11.4 Å². The van der Waals surface area contributed by atoms with Crippen LogP contribution in [0, 0.1) is 6.92 Å². The molecule has 2 heterocycles. The van der Waals surface area contributed by atoms with E-state index in [-0.39, 0.29) is 6.04 Å². The van der Waals surface area contributed by atoms with Crippen LogP contribution in [0.5, 0.6) is 0 Å². The van der Waals surface area contributed by atoms with Crippen molar-refractivity contribution in [1.29, 1.82) is 0 Å². The fourth-order valence-corrected chi connectivity index (χ4v) is 2.72. The van der Waals surface area contributed by atoms with Crippen LogP contribution in [-0.4, -0.2) is 30.2 Å². The Labute approximate surface area is 134 Å². The zero-order valence-electron chi connectivity index (χ0n) is 13.2. The predicted octanol–water partition coefficient (Wildman–Crippen LogP) is 2.88. The number of anilines is 1. The summed E-state index contributed by atoms with van der Waals surface area (Å²) in [4.78, 5) is 7.20. The van der Waals surface area contributed by atoms with Gasteiger partial charge in [-0.25, -0.2) is 9.67 Å². The minimum Gasteiger partial charge on any atom is -0.377 e. The molecule has 4 rings (SSSR count). The number of hydrogen-bond acceptors (Lipinski definition) is 5. The Balaban J connectivity index is 1.64. The number of nitrogens with one attached hydrogen (secondary N) is 2. The van der Waals surface area contributed by atoms with Crippen LogP contribution >= 0.6 is 0 Å². The molecule has 1 aliphatic carbocycles. The first-order chi connectivity index (χ1) is 11.2. The van der Waals surface area contributed by atoms with Gasteiger partial charge in [0.2, 0.25) is 0 Å². The van der Waals surface area contributed by atoms with Crippen molar-refractivity contribution in [2.45, 2.75) is 38.8 Å². The molecule has 0 bridgehead atoms. The summed E-state index contributed by atoms with van der Waals surface area (Å²) in [6.07, 6.45) is 5.84. The van der Waals surface area contributed by atoms with Crippen LogP contribution < -0.4 is 5.32 Å². The molecule has 0 amide bonds. The monoisotopic (exact) mass is 309 g/mol. The molecule has 0 aliphatic heterocycles. The lowest BCUT2D eigenvalue weighted by molar-refractivity contribution is 0.615. The third-order valence-corrected chi connectivity index (χ3v) is 4.23.